The van der Waals surface area contributed by atoms with Gasteiger partial charge in [-0.2, -0.15) is 0 Å². The van der Waals surface area contributed by atoms with Crippen molar-refractivity contribution in [2.75, 3.05) is 6.61 Å². The van der Waals surface area contributed by atoms with Gasteiger partial charge >= 0.3 is 0 Å². The van der Waals surface area contributed by atoms with Crippen molar-refractivity contribution >= 4 is 0 Å². The van der Waals surface area contributed by atoms with Crippen molar-refractivity contribution in [1.82, 2.24) is 5.32 Å². The van der Waals surface area contributed by atoms with Gasteiger partial charge in [-0.05, 0) is 44.4 Å². The van der Waals surface area contributed by atoms with E-state index in [2.05, 4.69) is 5.32 Å². The summed E-state index contributed by atoms with van der Waals surface area (Å²) in [6, 6.07) is 7.62. The normalized spacial score (nSPS) is 13.4. The Morgan fingerprint density at radius 1 is 1.28 bits per heavy atom. The van der Waals surface area contributed by atoms with Crippen molar-refractivity contribution in [3.05, 3.63) is 29.8 Å². The van der Waals surface area contributed by atoms with E-state index in [1.54, 1.807) is 13.8 Å². The molecule has 0 bridgehead atoms. The molecule has 4 nitrogen and oxygen atoms in total. The van der Waals surface area contributed by atoms with E-state index in [0.717, 1.165) is 17.7 Å². The van der Waals surface area contributed by atoms with Gasteiger partial charge in [-0.1, -0.05) is 19.1 Å². The van der Waals surface area contributed by atoms with Gasteiger partial charge in [0.25, 0.3) is 0 Å². The third-order valence-corrected chi connectivity index (χ3v) is 2.49. The molecule has 1 aromatic carbocycles. The summed E-state index contributed by atoms with van der Waals surface area (Å²) in [6.45, 7) is 5.51. The fourth-order valence-electron chi connectivity index (χ4n) is 1.64. The lowest BCUT2D eigenvalue weighted by Gasteiger charge is -2.27. The second kappa shape index (κ2) is 6.73. The number of rotatable bonds is 7. The first-order valence-electron chi connectivity index (χ1n) is 6.31. The molecule has 0 saturated heterocycles. The standard InChI is InChI=1S/C14H23NO3/c1-4-13(15-14(2,3)17)18-12-7-5-11(6-8-12)9-10-16/h5-8,13,15-17H,4,9-10H2,1-3H3/t13-/m0/s1. The SMILES string of the molecule is CC[C@@H](NC(C)(C)O)Oc1ccc(CCO)cc1. The van der Waals surface area contributed by atoms with Crippen molar-refractivity contribution in [2.45, 2.75) is 45.6 Å². The summed E-state index contributed by atoms with van der Waals surface area (Å²) in [7, 11) is 0. The minimum Gasteiger partial charge on any atom is -0.475 e. The van der Waals surface area contributed by atoms with Crippen molar-refractivity contribution < 1.29 is 14.9 Å². The highest BCUT2D eigenvalue weighted by Crippen LogP contribution is 2.15. The molecule has 0 spiro atoms. The van der Waals surface area contributed by atoms with E-state index in [-0.39, 0.29) is 12.8 Å². The third-order valence-electron chi connectivity index (χ3n) is 2.49. The highest BCUT2D eigenvalue weighted by Gasteiger charge is 2.18. The van der Waals surface area contributed by atoms with Gasteiger partial charge in [0.1, 0.15) is 11.5 Å². The van der Waals surface area contributed by atoms with Gasteiger partial charge in [-0.15, -0.1) is 0 Å². The number of ether oxygens (including phenoxy) is 1. The van der Waals surface area contributed by atoms with E-state index < -0.39 is 5.72 Å². The predicted octanol–water partition coefficient (Wildman–Crippen LogP) is 1.65. The van der Waals surface area contributed by atoms with Crippen LogP contribution in [0.1, 0.15) is 32.8 Å². The van der Waals surface area contributed by atoms with Crippen LogP contribution in [0.2, 0.25) is 0 Å². The van der Waals surface area contributed by atoms with Crippen molar-refractivity contribution in [3.8, 4) is 5.75 Å². The summed E-state index contributed by atoms with van der Waals surface area (Å²) in [5.74, 6) is 0.750. The topological polar surface area (TPSA) is 61.7 Å². The number of aliphatic hydroxyl groups excluding tert-OH is 1. The van der Waals surface area contributed by atoms with Crippen molar-refractivity contribution in [2.24, 2.45) is 0 Å². The average molecular weight is 253 g/mol. The maximum atomic E-state index is 9.69. The first-order chi connectivity index (χ1) is 8.44. The second-order valence-corrected chi connectivity index (χ2v) is 4.84. The molecular weight excluding hydrogens is 230 g/mol. The van der Waals surface area contributed by atoms with Gasteiger partial charge in [0.15, 0.2) is 6.23 Å². The molecule has 18 heavy (non-hydrogen) atoms. The number of hydrogen-bond acceptors (Lipinski definition) is 4. The zero-order valence-corrected chi connectivity index (χ0v) is 11.3. The van der Waals surface area contributed by atoms with E-state index in [4.69, 9.17) is 9.84 Å². The molecule has 1 rings (SSSR count). The molecule has 1 atom stereocenters. The Bertz CT molecular complexity index is 343. The van der Waals surface area contributed by atoms with Crippen LogP contribution in [-0.2, 0) is 6.42 Å². The Labute approximate surface area is 109 Å². The van der Waals surface area contributed by atoms with Crippen LogP contribution in [0.15, 0.2) is 24.3 Å². The predicted molar refractivity (Wildman–Crippen MR) is 71.4 cm³/mol. The molecule has 0 radical (unpaired) electrons. The maximum absolute atomic E-state index is 9.69. The molecule has 1 aromatic rings. The lowest BCUT2D eigenvalue weighted by Crippen LogP contribution is -2.48. The van der Waals surface area contributed by atoms with E-state index >= 15 is 0 Å². The van der Waals surface area contributed by atoms with Crippen LogP contribution in [-0.4, -0.2) is 28.8 Å². The number of nitrogens with one attached hydrogen (secondary N) is 1. The molecule has 0 aliphatic heterocycles. The van der Waals surface area contributed by atoms with Crippen LogP contribution in [0.25, 0.3) is 0 Å². The van der Waals surface area contributed by atoms with E-state index in [1.807, 2.05) is 31.2 Å². The monoisotopic (exact) mass is 253 g/mol. The van der Waals surface area contributed by atoms with Crippen LogP contribution in [0.5, 0.6) is 5.75 Å². The van der Waals surface area contributed by atoms with Crippen LogP contribution in [0.3, 0.4) is 0 Å². The molecule has 0 amide bonds. The summed E-state index contributed by atoms with van der Waals surface area (Å²) in [4.78, 5) is 0. The largest absolute Gasteiger partial charge is 0.475 e. The van der Waals surface area contributed by atoms with Crippen molar-refractivity contribution in [1.29, 1.82) is 0 Å². The number of aliphatic hydroxyl groups is 2. The summed E-state index contributed by atoms with van der Waals surface area (Å²) in [6.07, 6.45) is 1.18. The van der Waals surface area contributed by atoms with E-state index in [9.17, 15) is 5.11 Å². The molecule has 0 fully saturated rings. The van der Waals surface area contributed by atoms with E-state index in [0.29, 0.717) is 6.42 Å². The van der Waals surface area contributed by atoms with Crippen molar-refractivity contribution in [3.63, 3.8) is 0 Å². The summed E-state index contributed by atoms with van der Waals surface area (Å²) in [5.41, 5.74) is 0.116. The van der Waals surface area contributed by atoms with Gasteiger partial charge in [-0.3, -0.25) is 5.32 Å². The first-order valence-corrected chi connectivity index (χ1v) is 6.31. The molecule has 0 aromatic heterocycles. The third kappa shape index (κ3) is 5.49. The molecule has 0 saturated carbocycles. The molecule has 4 heteroatoms. The lowest BCUT2D eigenvalue weighted by atomic mass is 10.1. The van der Waals surface area contributed by atoms with Gasteiger partial charge in [-0.25, -0.2) is 0 Å². The molecular formula is C14H23NO3. The summed E-state index contributed by atoms with van der Waals surface area (Å²) in [5, 5.41) is 21.5. The van der Waals surface area contributed by atoms with Gasteiger partial charge < -0.3 is 14.9 Å². The quantitative estimate of drug-likeness (QED) is 0.647. The highest BCUT2D eigenvalue weighted by atomic mass is 16.5. The summed E-state index contributed by atoms with van der Waals surface area (Å²) < 4.78 is 5.74. The average Bonchev–Trinajstić information content (AvgIpc) is 2.29. The van der Waals surface area contributed by atoms with Gasteiger partial charge in [0.2, 0.25) is 0 Å². The highest BCUT2D eigenvalue weighted by molar-refractivity contribution is 5.27. The van der Waals surface area contributed by atoms with Crippen LogP contribution < -0.4 is 10.1 Å². The Morgan fingerprint density at radius 3 is 2.33 bits per heavy atom. The van der Waals surface area contributed by atoms with Gasteiger partial charge in [0.05, 0.1) is 0 Å². The van der Waals surface area contributed by atoms with E-state index in [1.165, 1.54) is 0 Å². The molecule has 102 valence electrons. The minimum atomic E-state index is -0.961. The van der Waals surface area contributed by atoms with Gasteiger partial charge in [0, 0.05) is 6.61 Å². The smallest absolute Gasteiger partial charge is 0.152 e. The fraction of sp³-hybridized carbons (Fsp3) is 0.571. The molecule has 0 unspecified atom stereocenters. The molecule has 0 heterocycles. The molecule has 0 aliphatic carbocycles. The van der Waals surface area contributed by atoms with Crippen LogP contribution >= 0.6 is 0 Å². The lowest BCUT2D eigenvalue weighted by molar-refractivity contribution is -0.0110. The minimum absolute atomic E-state index is 0.151. The zero-order chi connectivity index (χ0) is 13.6. The Balaban J connectivity index is 2.59. The number of hydrogen-bond donors (Lipinski definition) is 3. The maximum Gasteiger partial charge on any atom is 0.152 e. The molecule has 3 N–H and O–H groups in total. The van der Waals surface area contributed by atoms with Crippen LogP contribution in [0.4, 0.5) is 0 Å². The second-order valence-electron chi connectivity index (χ2n) is 4.84. The molecule has 0 aliphatic rings. The fourth-order valence-corrected chi connectivity index (χ4v) is 1.64. The Hall–Kier alpha value is -1.10. The Kier molecular flexibility index (Phi) is 5.59. The zero-order valence-electron chi connectivity index (χ0n) is 11.3. The Morgan fingerprint density at radius 2 is 1.89 bits per heavy atom. The first kappa shape index (κ1) is 15.0. The summed E-state index contributed by atoms with van der Waals surface area (Å²) >= 11 is 0. The van der Waals surface area contributed by atoms with Crippen LogP contribution in [0, 0.1) is 0 Å². The number of benzene rings is 1.